The van der Waals surface area contributed by atoms with E-state index in [1.54, 1.807) is 18.2 Å². The molecule has 3 nitrogen and oxygen atoms in total. The van der Waals surface area contributed by atoms with Crippen molar-refractivity contribution in [2.75, 3.05) is 5.75 Å². The number of carbonyl (C=O) groups is 1. The smallest absolute Gasteiger partial charge is 0.233 e. The Labute approximate surface area is 136 Å². The third kappa shape index (κ3) is 4.48. The lowest BCUT2D eigenvalue weighted by atomic mass is 9.96. The molecule has 0 aliphatic rings. The quantitative estimate of drug-likeness (QED) is 0.875. The van der Waals surface area contributed by atoms with Crippen molar-refractivity contribution in [2.24, 2.45) is 5.92 Å². The molecule has 0 spiro atoms. The first-order chi connectivity index (χ1) is 10.5. The largest absolute Gasteiger partial charge is 0.348 e. The van der Waals surface area contributed by atoms with Gasteiger partial charge in [0.05, 0.1) is 21.1 Å². The third-order valence-electron chi connectivity index (χ3n) is 3.19. The summed E-state index contributed by atoms with van der Waals surface area (Å²) in [6.45, 7) is 3.95. The summed E-state index contributed by atoms with van der Waals surface area (Å²) in [5.41, 5.74) is 0.839. The molecule has 0 saturated heterocycles. The number of nitrogens with one attached hydrogen (secondary N) is 1. The Morgan fingerprint density at radius 3 is 2.50 bits per heavy atom. The Kier molecular flexibility index (Phi) is 5.85. The van der Waals surface area contributed by atoms with Crippen molar-refractivity contribution in [3.63, 3.8) is 0 Å². The van der Waals surface area contributed by atoms with Crippen LogP contribution in [0.25, 0.3) is 0 Å². The molecule has 1 aromatic carbocycles. The topological polar surface area (TPSA) is 46.2 Å². The van der Waals surface area contributed by atoms with Gasteiger partial charge in [0.1, 0.15) is 11.6 Å². The van der Waals surface area contributed by atoms with Gasteiger partial charge >= 0.3 is 0 Å². The van der Waals surface area contributed by atoms with E-state index in [0.717, 1.165) is 5.56 Å². The normalized spacial score (nSPS) is 13.8. The zero-order chi connectivity index (χ0) is 16.1. The number of carbonyl (C=O) groups excluding carboxylic acids is 1. The van der Waals surface area contributed by atoms with Gasteiger partial charge < -0.3 is 5.32 Å². The number of rotatable bonds is 6. The molecule has 2 atom stereocenters. The maximum absolute atomic E-state index is 13.0. The zero-order valence-corrected chi connectivity index (χ0v) is 14.0. The molecular weight excluding hydrogens is 321 g/mol. The van der Waals surface area contributed by atoms with Crippen LogP contribution in [0, 0.1) is 11.7 Å². The summed E-state index contributed by atoms with van der Waals surface area (Å²) in [5.74, 6) is -0.499. The third-order valence-corrected chi connectivity index (χ3v) is 5.81. The number of halogens is 1. The van der Waals surface area contributed by atoms with Gasteiger partial charge in [-0.05, 0) is 35.1 Å². The van der Waals surface area contributed by atoms with Crippen molar-refractivity contribution in [1.29, 1.82) is 0 Å². The van der Waals surface area contributed by atoms with Crippen molar-refractivity contribution < 1.29 is 13.4 Å². The van der Waals surface area contributed by atoms with Crippen LogP contribution in [-0.2, 0) is 15.6 Å². The highest BCUT2D eigenvalue weighted by molar-refractivity contribution is 7.88. The SMILES string of the molecule is CC(C)[C@H](NC(=O)C[S@@](=O)c1cccs1)c1ccc(F)cc1. The lowest BCUT2D eigenvalue weighted by molar-refractivity contribution is -0.119. The van der Waals surface area contributed by atoms with E-state index in [4.69, 9.17) is 0 Å². The number of thiophene rings is 1. The van der Waals surface area contributed by atoms with Crippen LogP contribution in [0.15, 0.2) is 46.0 Å². The second-order valence-electron chi connectivity index (χ2n) is 5.26. The van der Waals surface area contributed by atoms with Gasteiger partial charge in [0.25, 0.3) is 0 Å². The summed E-state index contributed by atoms with van der Waals surface area (Å²) in [7, 11) is -1.33. The van der Waals surface area contributed by atoms with E-state index in [1.165, 1.54) is 23.5 Å². The number of benzene rings is 1. The van der Waals surface area contributed by atoms with E-state index in [-0.39, 0.29) is 29.4 Å². The minimum Gasteiger partial charge on any atom is -0.348 e. The maximum atomic E-state index is 13.0. The molecule has 22 heavy (non-hydrogen) atoms. The van der Waals surface area contributed by atoms with Gasteiger partial charge in [0.2, 0.25) is 5.91 Å². The first-order valence-corrected chi connectivity index (χ1v) is 9.14. The predicted octanol–water partition coefficient (Wildman–Crippen LogP) is 3.51. The van der Waals surface area contributed by atoms with Crippen molar-refractivity contribution in [1.82, 2.24) is 5.32 Å². The molecule has 0 fully saturated rings. The lowest BCUT2D eigenvalue weighted by Gasteiger charge is -2.22. The van der Waals surface area contributed by atoms with Gasteiger partial charge in [-0.15, -0.1) is 11.3 Å². The maximum Gasteiger partial charge on any atom is 0.233 e. The number of amides is 1. The first kappa shape index (κ1) is 16.8. The van der Waals surface area contributed by atoms with E-state index in [0.29, 0.717) is 4.21 Å². The van der Waals surface area contributed by atoms with E-state index in [2.05, 4.69) is 5.32 Å². The predicted molar refractivity (Wildman–Crippen MR) is 87.7 cm³/mol. The van der Waals surface area contributed by atoms with E-state index >= 15 is 0 Å². The van der Waals surface area contributed by atoms with Crippen LogP contribution in [-0.4, -0.2) is 15.9 Å². The van der Waals surface area contributed by atoms with Crippen LogP contribution in [0.3, 0.4) is 0 Å². The average Bonchev–Trinajstić information content (AvgIpc) is 3.00. The van der Waals surface area contributed by atoms with Crippen LogP contribution in [0.4, 0.5) is 4.39 Å². The second-order valence-corrected chi connectivity index (χ2v) is 7.89. The Morgan fingerprint density at radius 1 is 1.27 bits per heavy atom. The van der Waals surface area contributed by atoms with Crippen LogP contribution in [0.1, 0.15) is 25.5 Å². The zero-order valence-electron chi connectivity index (χ0n) is 12.4. The van der Waals surface area contributed by atoms with E-state index in [1.807, 2.05) is 25.3 Å². The minimum absolute atomic E-state index is 0.0646. The number of hydrogen-bond acceptors (Lipinski definition) is 3. The molecule has 118 valence electrons. The molecule has 0 saturated carbocycles. The fourth-order valence-electron chi connectivity index (χ4n) is 2.10. The summed E-state index contributed by atoms with van der Waals surface area (Å²) in [6, 6.07) is 9.42. The van der Waals surface area contributed by atoms with Gasteiger partial charge in [-0.25, -0.2) is 4.39 Å². The Balaban J connectivity index is 2.03. The average molecular weight is 339 g/mol. The summed E-state index contributed by atoms with van der Waals surface area (Å²) < 4.78 is 25.8. The second kappa shape index (κ2) is 7.65. The van der Waals surface area contributed by atoms with Crippen LogP contribution in [0.2, 0.25) is 0 Å². The first-order valence-electron chi connectivity index (χ1n) is 6.94. The van der Waals surface area contributed by atoms with Crippen molar-refractivity contribution in [2.45, 2.75) is 24.1 Å². The molecule has 2 rings (SSSR count). The Hall–Kier alpha value is -1.53. The molecule has 0 bridgehead atoms. The molecule has 0 radical (unpaired) electrons. The summed E-state index contributed by atoms with van der Waals surface area (Å²) in [5, 5.41) is 4.73. The summed E-state index contributed by atoms with van der Waals surface area (Å²) in [4.78, 5) is 12.1. The molecule has 2 aromatic rings. The monoisotopic (exact) mass is 339 g/mol. The van der Waals surface area contributed by atoms with Gasteiger partial charge in [0.15, 0.2) is 0 Å². The Morgan fingerprint density at radius 2 is 1.95 bits per heavy atom. The highest BCUT2D eigenvalue weighted by Crippen LogP contribution is 2.22. The molecule has 1 amide bonds. The lowest BCUT2D eigenvalue weighted by Crippen LogP contribution is -2.34. The molecular formula is C16H18FNO2S2. The molecule has 6 heteroatoms. The van der Waals surface area contributed by atoms with Gasteiger partial charge in [0, 0.05) is 0 Å². The standard InChI is InChI=1S/C16H18FNO2S2/c1-11(2)16(12-5-7-13(17)8-6-12)18-14(19)10-22(20)15-4-3-9-21-15/h3-9,11,16H,10H2,1-2H3,(H,18,19)/t16-,22+/m0/s1. The van der Waals surface area contributed by atoms with Crippen LogP contribution >= 0.6 is 11.3 Å². The van der Waals surface area contributed by atoms with Crippen molar-refractivity contribution in [3.05, 3.63) is 53.2 Å². The van der Waals surface area contributed by atoms with E-state index in [9.17, 15) is 13.4 Å². The van der Waals surface area contributed by atoms with Gasteiger partial charge in [-0.2, -0.15) is 0 Å². The summed E-state index contributed by atoms with van der Waals surface area (Å²) in [6.07, 6.45) is 0. The minimum atomic E-state index is -1.33. The highest BCUT2D eigenvalue weighted by Gasteiger charge is 2.20. The molecule has 1 aromatic heterocycles. The fourth-order valence-corrected chi connectivity index (χ4v) is 4.02. The van der Waals surface area contributed by atoms with Gasteiger partial charge in [-0.1, -0.05) is 32.0 Å². The molecule has 0 aliphatic heterocycles. The molecule has 0 unspecified atom stereocenters. The number of hydrogen-bond donors (Lipinski definition) is 1. The molecule has 0 aliphatic carbocycles. The van der Waals surface area contributed by atoms with Crippen molar-refractivity contribution >= 4 is 28.0 Å². The molecule has 1 heterocycles. The van der Waals surface area contributed by atoms with E-state index < -0.39 is 10.8 Å². The van der Waals surface area contributed by atoms with Crippen LogP contribution < -0.4 is 5.32 Å². The fraction of sp³-hybridized carbons (Fsp3) is 0.312. The van der Waals surface area contributed by atoms with Gasteiger partial charge in [-0.3, -0.25) is 9.00 Å². The Bertz CT molecular complexity index is 639. The summed E-state index contributed by atoms with van der Waals surface area (Å²) >= 11 is 1.37. The highest BCUT2D eigenvalue weighted by atomic mass is 32.2. The van der Waals surface area contributed by atoms with Crippen molar-refractivity contribution in [3.8, 4) is 0 Å². The van der Waals surface area contributed by atoms with Crippen LogP contribution in [0.5, 0.6) is 0 Å². The molecule has 1 N–H and O–H groups in total.